The van der Waals surface area contributed by atoms with Gasteiger partial charge in [-0.05, 0) is 45.2 Å². The Morgan fingerprint density at radius 1 is 1.12 bits per heavy atom. The number of hydrogen-bond donors (Lipinski definition) is 0. The summed E-state index contributed by atoms with van der Waals surface area (Å²) >= 11 is 0. The molecule has 2 aromatic rings. The molecule has 132 valence electrons. The Bertz CT molecular complexity index is 748. The van der Waals surface area contributed by atoms with Crippen molar-refractivity contribution in [3.05, 3.63) is 34.7 Å². The highest BCUT2D eigenvalue weighted by molar-refractivity contribution is 5.76. The van der Waals surface area contributed by atoms with Crippen molar-refractivity contribution in [1.29, 1.82) is 0 Å². The van der Waals surface area contributed by atoms with Gasteiger partial charge in [-0.25, -0.2) is 4.79 Å². The van der Waals surface area contributed by atoms with E-state index in [0.29, 0.717) is 6.04 Å². The van der Waals surface area contributed by atoms with Gasteiger partial charge in [0.2, 0.25) is 0 Å². The average molecular weight is 329 g/mol. The number of fused-ring (bicyclic) bond motifs is 1. The van der Waals surface area contributed by atoms with Crippen LogP contribution in [0.25, 0.3) is 11.0 Å². The highest BCUT2D eigenvalue weighted by Crippen LogP contribution is 2.31. The first-order valence-electron chi connectivity index (χ1n) is 9.36. The van der Waals surface area contributed by atoms with Gasteiger partial charge < -0.3 is 0 Å². The number of piperidine rings is 1. The van der Waals surface area contributed by atoms with Crippen LogP contribution in [0.15, 0.2) is 29.1 Å². The Morgan fingerprint density at radius 2 is 1.75 bits per heavy atom. The summed E-state index contributed by atoms with van der Waals surface area (Å²) in [4.78, 5) is 15.3. The van der Waals surface area contributed by atoms with Crippen LogP contribution in [0, 0.1) is 0 Å². The fourth-order valence-electron chi connectivity index (χ4n) is 4.17. The first-order chi connectivity index (χ1) is 11.5. The quantitative estimate of drug-likeness (QED) is 0.831. The summed E-state index contributed by atoms with van der Waals surface area (Å²) in [7, 11) is 1.88. The van der Waals surface area contributed by atoms with Gasteiger partial charge in [-0.2, -0.15) is 0 Å². The predicted molar refractivity (Wildman–Crippen MR) is 101 cm³/mol. The number of aromatic nitrogens is 2. The maximum atomic E-state index is 12.7. The third kappa shape index (κ3) is 3.04. The molecule has 0 amide bonds. The zero-order valence-corrected chi connectivity index (χ0v) is 15.6. The van der Waals surface area contributed by atoms with Gasteiger partial charge in [-0.3, -0.25) is 14.0 Å². The standard InChI is InChI=1S/C20H31N3O/c1-5-6-13-20(2,3)22-14-11-16(12-15-22)23-18-10-8-7-9-17(18)21(4)19(23)24/h7-10,16H,5-6,11-15H2,1-4H3. The number of rotatable bonds is 5. The normalized spacial score (nSPS) is 17.7. The van der Waals surface area contributed by atoms with Crippen LogP contribution >= 0.6 is 0 Å². The Balaban J connectivity index is 1.79. The average Bonchev–Trinajstić information content (AvgIpc) is 2.85. The van der Waals surface area contributed by atoms with E-state index in [2.05, 4.69) is 31.7 Å². The molecule has 0 aliphatic carbocycles. The number of benzene rings is 1. The first-order valence-corrected chi connectivity index (χ1v) is 9.36. The molecule has 1 aromatic carbocycles. The van der Waals surface area contributed by atoms with Crippen LogP contribution in [0.5, 0.6) is 0 Å². The van der Waals surface area contributed by atoms with Gasteiger partial charge >= 0.3 is 5.69 Å². The molecule has 3 rings (SSSR count). The maximum absolute atomic E-state index is 12.7. The van der Waals surface area contributed by atoms with E-state index in [9.17, 15) is 4.79 Å². The van der Waals surface area contributed by atoms with E-state index in [-0.39, 0.29) is 11.2 Å². The number of unbranched alkanes of at least 4 members (excludes halogenated alkanes) is 1. The lowest BCUT2D eigenvalue weighted by atomic mass is 9.91. The van der Waals surface area contributed by atoms with Gasteiger partial charge in [0.15, 0.2) is 0 Å². The van der Waals surface area contributed by atoms with E-state index in [0.717, 1.165) is 37.0 Å². The van der Waals surface area contributed by atoms with Crippen molar-refractivity contribution in [2.75, 3.05) is 13.1 Å². The Kier molecular flexibility index (Phi) is 4.86. The SMILES string of the molecule is CCCCC(C)(C)N1CCC(n2c(=O)n(C)c3ccccc32)CC1. The lowest BCUT2D eigenvalue weighted by Crippen LogP contribution is -2.49. The molecule has 1 aliphatic heterocycles. The molecular formula is C20H31N3O. The van der Waals surface area contributed by atoms with E-state index in [1.165, 1.54) is 19.3 Å². The van der Waals surface area contributed by atoms with Gasteiger partial charge in [0, 0.05) is 31.7 Å². The number of nitrogens with zero attached hydrogens (tertiary/aromatic N) is 3. The second-order valence-corrected chi connectivity index (χ2v) is 7.83. The van der Waals surface area contributed by atoms with Gasteiger partial charge in [0.1, 0.15) is 0 Å². The van der Waals surface area contributed by atoms with Gasteiger partial charge in [0.05, 0.1) is 11.0 Å². The van der Waals surface area contributed by atoms with Crippen molar-refractivity contribution < 1.29 is 0 Å². The molecule has 1 saturated heterocycles. The zero-order chi connectivity index (χ0) is 17.3. The summed E-state index contributed by atoms with van der Waals surface area (Å²) < 4.78 is 3.82. The molecular weight excluding hydrogens is 298 g/mol. The largest absolute Gasteiger partial charge is 0.329 e. The van der Waals surface area contributed by atoms with Crippen LogP contribution in [0.1, 0.15) is 58.9 Å². The van der Waals surface area contributed by atoms with Crippen LogP contribution < -0.4 is 5.69 Å². The first kappa shape index (κ1) is 17.3. The van der Waals surface area contributed by atoms with Gasteiger partial charge in [-0.1, -0.05) is 31.9 Å². The summed E-state index contributed by atoms with van der Waals surface area (Å²) in [5.74, 6) is 0. The van der Waals surface area contributed by atoms with Crippen molar-refractivity contribution in [3.63, 3.8) is 0 Å². The molecule has 0 radical (unpaired) electrons. The maximum Gasteiger partial charge on any atom is 0.329 e. The highest BCUT2D eigenvalue weighted by atomic mass is 16.1. The van der Waals surface area contributed by atoms with Crippen molar-refractivity contribution in [3.8, 4) is 0 Å². The summed E-state index contributed by atoms with van der Waals surface area (Å²) in [5, 5.41) is 0. The van der Waals surface area contributed by atoms with E-state index in [1.54, 1.807) is 4.57 Å². The van der Waals surface area contributed by atoms with Gasteiger partial charge in [0.25, 0.3) is 0 Å². The number of aryl methyl sites for hydroxylation is 1. The summed E-state index contributed by atoms with van der Waals surface area (Å²) in [5.41, 5.74) is 2.51. The highest BCUT2D eigenvalue weighted by Gasteiger charge is 2.31. The molecule has 0 bridgehead atoms. The van der Waals surface area contributed by atoms with Crippen LogP contribution in [0.4, 0.5) is 0 Å². The fraction of sp³-hybridized carbons (Fsp3) is 0.650. The molecule has 1 fully saturated rings. The third-order valence-electron chi connectivity index (χ3n) is 5.82. The molecule has 4 heteroatoms. The van der Waals surface area contributed by atoms with E-state index >= 15 is 0 Å². The second-order valence-electron chi connectivity index (χ2n) is 7.83. The molecule has 4 nitrogen and oxygen atoms in total. The summed E-state index contributed by atoms with van der Waals surface area (Å²) in [6, 6.07) is 8.47. The Morgan fingerprint density at radius 3 is 2.38 bits per heavy atom. The van der Waals surface area contributed by atoms with Crippen molar-refractivity contribution >= 4 is 11.0 Å². The molecule has 0 N–H and O–H groups in total. The number of likely N-dealkylation sites (tertiary alicyclic amines) is 1. The molecule has 1 aliphatic rings. The van der Waals surface area contributed by atoms with Crippen LogP contribution in [-0.4, -0.2) is 32.7 Å². The minimum absolute atomic E-state index is 0.125. The predicted octanol–water partition coefficient (Wildman–Crippen LogP) is 3.95. The lowest BCUT2D eigenvalue weighted by Gasteiger charge is -2.43. The van der Waals surface area contributed by atoms with Crippen molar-refractivity contribution in [2.45, 2.75) is 64.5 Å². The van der Waals surface area contributed by atoms with Crippen LogP contribution in [0.2, 0.25) is 0 Å². The van der Waals surface area contributed by atoms with E-state index < -0.39 is 0 Å². The fourth-order valence-corrected chi connectivity index (χ4v) is 4.17. The van der Waals surface area contributed by atoms with Crippen LogP contribution in [0.3, 0.4) is 0 Å². The van der Waals surface area contributed by atoms with E-state index in [4.69, 9.17) is 0 Å². The summed E-state index contributed by atoms with van der Waals surface area (Å²) in [6.45, 7) is 9.16. The molecule has 0 atom stereocenters. The number of imidazole rings is 1. The van der Waals surface area contributed by atoms with Crippen molar-refractivity contribution in [1.82, 2.24) is 14.0 Å². The zero-order valence-electron chi connectivity index (χ0n) is 15.6. The molecule has 0 saturated carbocycles. The second kappa shape index (κ2) is 6.75. The molecule has 2 heterocycles. The third-order valence-corrected chi connectivity index (χ3v) is 5.82. The lowest BCUT2D eigenvalue weighted by molar-refractivity contribution is 0.0688. The monoisotopic (exact) mass is 329 g/mol. The molecule has 24 heavy (non-hydrogen) atoms. The van der Waals surface area contributed by atoms with Crippen LogP contribution in [-0.2, 0) is 7.05 Å². The van der Waals surface area contributed by atoms with Crippen molar-refractivity contribution in [2.24, 2.45) is 7.05 Å². The summed E-state index contributed by atoms with van der Waals surface area (Å²) in [6.07, 6.45) is 5.91. The molecule has 0 spiro atoms. The Labute approximate surface area is 145 Å². The Hall–Kier alpha value is -1.55. The minimum Gasteiger partial charge on any atom is -0.298 e. The van der Waals surface area contributed by atoms with Gasteiger partial charge in [-0.15, -0.1) is 0 Å². The molecule has 0 unspecified atom stereocenters. The van der Waals surface area contributed by atoms with E-state index in [1.807, 2.05) is 29.8 Å². The molecule has 1 aromatic heterocycles. The number of hydrogen-bond acceptors (Lipinski definition) is 2. The smallest absolute Gasteiger partial charge is 0.298 e. The topological polar surface area (TPSA) is 30.2 Å². The minimum atomic E-state index is 0.125. The number of para-hydroxylation sites is 2.